The maximum absolute atomic E-state index is 15.3. The van der Waals surface area contributed by atoms with Gasteiger partial charge in [-0.05, 0) is 54.1 Å². The van der Waals surface area contributed by atoms with Crippen molar-refractivity contribution in [1.29, 1.82) is 0 Å². The summed E-state index contributed by atoms with van der Waals surface area (Å²) in [6.07, 6.45) is 0. The lowest BCUT2D eigenvalue weighted by Crippen LogP contribution is -2.13. The maximum Gasteiger partial charge on any atom is 0.268 e. The molecule has 0 aliphatic rings. The first-order valence-corrected chi connectivity index (χ1v) is 11.2. The molecule has 0 unspecified atom stereocenters. The van der Waals surface area contributed by atoms with Gasteiger partial charge in [0.05, 0.1) is 10.4 Å². The van der Waals surface area contributed by atoms with Crippen LogP contribution in [-0.4, -0.2) is 12.4 Å². The van der Waals surface area contributed by atoms with Crippen molar-refractivity contribution in [2.24, 2.45) is 0 Å². The Morgan fingerprint density at radius 3 is 2.38 bits per heavy atom. The number of aromatic nitrogens is 1. The van der Waals surface area contributed by atoms with Gasteiger partial charge in [0, 0.05) is 15.2 Å². The van der Waals surface area contributed by atoms with Crippen LogP contribution in [0.15, 0.2) is 82.2 Å². The number of hydrogen-bond donors (Lipinski definition) is 0. The summed E-state index contributed by atoms with van der Waals surface area (Å²) in [5, 5.41) is 2.81. The topological polar surface area (TPSA) is 39.1 Å². The van der Waals surface area contributed by atoms with Gasteiger partial charge in [-0.3, -0.25) is 0 Å². The smallest absolute Gasteiger partial charge is 0.230 e. The second kappa shape index (κ2) is 6.40. The highest BCUT2D eigenvalue weighted by Gasteiger charge is 2.26. The number of aryl methyl sites for hydroxylation is 1. The average Bonchev–Trinajstić information content (AvgIpc) is 3.04. The molecular weight excluding hydrogens is 453 g/mol. The number of nitrogens with zero attached hydrogens (tertiary/aromatic N) is 1. The molecule has 3 nitrogen and oxygen atoms in total. The zero-order valence-electron chi connectivity index (χ0n) is 15.4. The molecule has 0 aliphatic heterocycles. The first-order chi connectivity index (χ1) is 13.9. The molecule has 0 saturated heterocycles. The summed E-state index contributed by atoms with van der Waals surface area (Å²) in [6, 6.07) is 20.7. The van der Waals surface area contributed by atoms with Crippen molar-refractivity contribution >= 4 is 58.5 Å². The van der Waals surface area contributed by atoms with Crippen LogP contribution in [0.25, 0.3) is 32.6 Å². The Kier molecular flexibility index (Phi) is 4.05. The SMILES string of the molecule is Cc1ccc(S(=O)(=O)n2c3ccc(Br)cc3c3c4ccccc4cc(F)c32)cc1. The van der Waals surface area contributed by atoms with E-state index >= 15 is 4.39 Å². The molecule has 4 aromatic carbocycles. The normalized spacial score (nSPS) is 12.2. The fourth-order valence-electron chi connectivity index (χ4n) is 3.84. The van der Waals surface area contributed by atoms with Crippen molar-refractivity contribution in [1.82, 2.24) is 3.97 Å². The molecule has 0 bridgehead atoms. The van der Waals surface area contributed by atoms with E-state index in [1.165, 1.54) is 6.07 Å². The summed E-state index contributed by atoms with van der Waals surface area (Å²) in [4.78, 5) is 0.123. The molecule has 0 fully saturated rings. The van der Waals surface area contributed by atoms with Gasteiger partial charge in [-0.25, -0.2) is 16.8 Å². The molecule has 0 aliphatic carbocycles. The summed E-state index contributed by atoms with van der Waals surface area (Å²) < 4.78 is 44.4. The van der Waals surface area contributed by atoms with E-state index in [1.807, 2.05) is 37.3 Å². The van der Waals surface area contributed by atoms with E-state index < -0.39 is 15.8 Å². The highest BCUT2D eigenvalue weighted by molar-refractivity contribution is 9.10. The van der Waals surface area contributed by atoms with Crippen LogP contribution in [0, 0.1) is 12.7 Å². The fraction of sp³-hybridized carbons (Fsp3) is 0.0435. The highest BCUT2D eigenvalue weighted by Crippen LogP contribution is 2.39. The van der Waals surface area contributed by atoms with Gasteiger partial charge in [-0.1, -0.05) is 57.9 Å². The third-order valence-electron chi connectivity index (χ3n) is 5.18. The Morgan fingerprint density at radius 1 is 0.897 bits per heavy atom. The quantitative estimate of drug-likeness (QED) is 0.301. The molecule has 144 valence electrons. The first kappa shape index (κ1) is 18.3. The summed E-state index contributed by atoms with van der Waals surface area (Å²) >= 11 is 3.46. The number of halogens is 2. The summed E-state index contributed by atoms with van der Waals surface area (Å²) in [5.74, 6) is -0.568. The molecule has 1 aromatic heterocycles. The van der Waals surface area contributed by atoms with Crippen molar-refractivity contribution in [3.05, 3.63) is 88.6 Å². The Morgan fingerprint density at radius 2 is 1.62 bits per heavy atom. The van der Waals surface area contributed by atoms with E-state index in [0.717, 1.165) is 24.8 Å². The Hall–Kier alpha value is -2.70. The van der Waals surface area contributed by atoms with E-state index in [0.29, 0.717) is 16.3 Å². The summed E-state index contributed by atoms with van der Waals surface area (Å²) in [5.41, 5.74) is 1.46. The number of hydrogen-bond acceptors (Lipinski definition) is 2. The van der Waals surface area contributed by atoms with Gasteiger partial charge in [0.1, 0.15) is 11.3 Å². The van der Waals surface area contributed by atoms with E-state index in [4.69, 9.17) is 0 Å². The van der Waals surface area contributed by atoms with Gasteiger partial charge < -0.3 is 0 Å². The molecule has 29 heavy (non-hydrogen) atoms. The molecule has 5 rings (SSSR count). The predicted octanol–water partition coefficient (Wildman–Crippen LogP) is 6.39. The van der Waals surface area contributed by atoms with Crippen LogP contribution in [0.3, 0.4) is 0 Å². The third kappa shape index (κ3) is 2.70. The lowest BCUT2D eigenvalue weighted by atomic mass is 10.0. The van der Waals surface area contributed by atoms with Crippen LogP contribution in [0.5, 0.6) is 0 Å². The van der Waals surface area contributed by atoms with Crippen LogP contribution in [0.4, 0.5) is 4.39 Å². The number of benzene rings is 4. The Balaban J connectivity index is 2.03. The minimum atomic E-state index is -4.01. The zero-order chi connectivity index (χ0) is 20.3. The molecule has 0 radical (unpaired) electrons. The molecule has 0 spiro atoms. The lowest BCUT2D eigenvalue weighted by Gasteiger charge is -2.11. The molecule has 5 aromatic rings. The van der Waals surface area contributed by atoms with Crippen LogP contribution in [-0.2, 0) is 10.0 Å². The molecule has 0 N–H and O–H groups in total. The van der Waals surface area contributed by atoms with Crippen molar-refractivity contribution in [2.45, 2.75) is 11.8 Å². The second-order valence-corrected chi connectivity index (χ2v) is 9.75. The van der Waals surface area contributed by atoms with Gasteiger partial charge in [0.25, 0.3) is 10.0 Å². The molecule has 0 saturated carbocycles. The highest BCUT2D eigenvalue weighted by atomic mass is 79.9. The standard InChI is InChI=1S/C23H15BrFNO2S/c1-14-6-9-17(10-7-14)29(27,28)26-21-11-8-16(24)13-19(21)22-18-5-3-2-4-15(18)12-20(25)23(22)26/h2-13H,1H3. The Labute approximate surface area is 175 Å². The van der Waals surface area contributed by atoms with E-state index in [9.17, 15) is 8.42 Å². The molecule has 6 heteroatoms. The molecule has 0 atom stereocenters. The minimum Gasteiger partial charge on any atom is -0.230 e. The number of rotatable bonds is 2. The van der Waals surface area contributed by atoms with Crippen LogP contribution in [0.2, 0.25) is 0 Å². The van der Waals surface area contributed by atoms with Gasteiger partial charge in [0.2, 0.25) is 0 Å². The molecule has 1 heterocycles. The second-order valence-electron chi connectivity index (χ2n) is 7.05. The van der Waals surface area contributed by atoms with Crippen molar-refractivity contribution in [3.63, 3.8) is 0 Å². The molecular formula is C23H15BrFNO2S. The third-order valence-corrected chi connectivity index (χ3v) is 7.41. The monoisotopic (exact) mass is 467 g/mol. The van der Waals surface area contributed by atoms with Crippen LogP contribution >= 0.6 is 15.9 Å². The Bertz CT molecular complexity index is 1540. The number of fused-ring (bicyclic) bond motifs is 5. The van der Waals surface area contributed by atoms with Gasteiger partial charge in [-0.15, -0.1) is 0 Å². The van der Waals surface area contributed by atoms with E-state index in [2.05, 4.69) is 15.9 Å². The predicted molar refractivity (Wildman–Crippen MR) is 118 cm³/mol. The van der Waals surface area contributed by atoms with E-state index in [-0.39, 0.29) is 10.4 Å². The van der Waals surface area contributed by atoms with Gasteiger partial charge >= 0.3 is 0 Å². The van der Waals surface area contributed by atoms with E-state index in [1.54, 1.807) is 36.4 Å². The van der Waals surface area contributed by atoms with Crippen molar-refractivity contribution in [3.8, 4) is 0 Å². The fourth-order valence-corrected chi connectivity index (χ4v) is 5.73. The van der Waals surface area contributed by atoms with Crippen molar-refractivity contribution in [2.75, 3.05) is 0 Å². The largest absolute Gasteiger partial charge is 0.268 e. The summed E-state index contributed by atoms with van der Waals surface area (Å²) in [7, 11) is -4.01. The zero-order valence-corrected chi connectivity index (χ0v) is 17.8. The first-order valence-electron chi connectivity index (χ1n) is 9.01. The summed E-state index contributed by atoms with van der Waals surface area (Å²) in [6.45, 7) is 1.89. The van der Waals surface area contributed by atoms with Crippen molar-refractivity contribution < 1.29 is 12.8 Å². The van der Waals surface area contributed by atoms with Crippen LogP contribution in [0.1, 0.15) is 5.56 Å². The maximum atomic E-state index is 15.3. The van der Waals surface area contributed by atoms with Gasteiger partial charge in [-0.2, -0.15) is 0 Å². The van der Waals surface area contributed by atoms with Crippen LogP contribution < -0.4 is 0 Å². The van der Waals surface area contributed by atoms with Gasteiger partial charge in [0.15, 0.2) is 0 Å². The minimum absolute atomic E-state index is 0.0670. The molecule has 0 amide bonds. The lowest BCUT2D eigenvalue weighted by molar-refractivity contribution is 0.587. The average molecular weight is 468 g/mol.